The van der Waals surface area contributed by atoms with E-state index in [-0.39, 0.29) is 0 Å². The van der Waals surface area contributed by atoms with Crippen LogP contribution in [0.2, 0.25) is 0 Å². The van der Waals surface area contributed by atoms with Crippen LogP contribution in [0.1, 0.15) is 5.69 Å². The SMILES string of the molecule is NCCc1csc(Nc2ccc(F)c(F)c2)n1. The summed E-state index contributed by atoms with van der Waals surface area (Å²) in [5.41, 5.74) is 6.77. The molecule has 3 N–H and O–H groups in total. The molecule has 0 bridgehead atoms. The molecule has 0 amide bonds. The second kappa shape index (κ2) is 5.20. The molecule has 1 aromatic heterocycles. The largest absolute Gasteiger partial charge is 0.331 e. The third-order valence-corrected chi connectivity index (χ3v) is 2.93. The zero-order valence-corrected chi connectivity index (χ0v) is 9.73. The first-order valence-electron chi connectivity index (χ1n) is 5.05. The van der Waals surface area contributed by atoms with Crippen LogP contribution in [-0.4, -0.2) is 11.5 Å². The van der Waals surface area contributed by atoms with Crippen LogP contribution in [0.3, 0.4) is 0 Å². The van der Waals surface area contributed by atoms with Gasteiger partial charge in [0, 0.05) is 23.6 Å². The number of hydrogen-bond donors (Lipinski definition) is 2. The Morgan fingerprint density at radius 1 is 1.29 bits per heavy atom. The Morgan fingerprint density at radius 2 is 2.12 bits per heavy atom. The highest BCUT2D eigenvalue weighted by atomic mass is 32.1. The maximum absolute atomic E-state index is 13.0. The van der Waals surface area contributed by atoms with Gasteiger partial charge >= 0.3 is 0 Å². The second-order valence-electron chi connectivity index (χ2n) is 3.44. The maximum atomic E-state index is 13.0. The van der Waals surface area contributed by atoms with Gasteiger partial charge in [0.2, 0.25) is 0 Å². The number of rotatable bonds is 4. The molecule has 3 nitrogen and oxygen atoms in total. The van der Waals surface area contributed by atoms with Crippen molar-refractivity contribution in [1.82, 2.24) is 4.98 Å². The minimum Gasteiger partial charge on any atom is -0.331 e. The summed E-state index contributed by atoms with van der Waals surface area (Å²) in [6, 6.07) is 3.63. The predicted molar refractivity (Wildman–Crippen MR) is 64.5 cm³/mol. The van der Waals surface area contributed by atoms with E-state index in [0.29, 0.717) is 23.8 Å². The van der Waals surface area contributed by atoms with Gasteiger partial charge in [-0.05, 0) is 18.7 Å². The maximum Gasteiger partial charge on any atom is 0.187 e. The van der Waals surface area contributed by atoms with Crippen molar-refractivity contribution in [1.29, 1.82) is 0 Å². The van der Waals surface area contributed by atoms with Crippen LogP contribution in [0.5, 0.6) is 0 Å². The van der Waals surface area contributed by atoms with Gasteiger partial charge in [0.15, 0.2) is 16.8 Å². The molecule has 0 saturated heterocycles. The molecular weight excluding hydrogens is 244 g/mol. The Hall–Kier alpha value is -1.53. The van der Waals surface area contributed by atoms with Crippen LogP contribution >= 0.6 is 11.3 Å². The topological polar surface area (TPSA) is 50.9 Å². The molecule has 0 spiro atoms. The van der Waals surface area contributed by atoms with E-state index < -0.39 is 11.6 Å². The van der Waals surface area contributed by atoms with Gasteiger partial charge in [0.05, 0.1) is 5.69 Å². The van der Waals surface area contributed by atoms with Crippen molar-refractivity contribution < 1.29 is 8.78 Å². The van der Waals surface area contributed by atoms with Crippen LogP contribution in [0.4, 0.5) is 19.6 Å². The molecule has 0 saturated carbocycles. The van der Waals surface area contributed by atoms with Crippen molar-refractivity contribution in [3.8, 4) is 0 Å². The van der Waals surface area contributed by atoms with Crippen molar-refractivity contribution in [2.24, 2.45) is 5.73 Å². The molecule has 0 fully saturated rings. The van der Waals surface area contributed by atoms with Gasteiger partial charge in [0.1, 0.15) is 0 Å². The average Bonchev–Trinajstić information content (AvgIpc) is 2.72. The quantitative estimate of drug-likeness (QED) is 0.883. The summed E-state index contributed by atoms with van der Waals surface area (Å²) in [6.07, 6.45) is 0.704. The van der Waals surface area contributed by atoms with E-state index >= 15 is 0 Å². The number of nitrogens with zero attached hydrogens (tertiary/aromatic N) is 1. The van der Waals surface area contributed by atoms with E-state index in [2.05, 4.69) is 10.3 Å². The van der Waals surface area contributed by atoms with Gasteiger partial charge in [-0.3, -0.25) is 0 Å². The number of nitrogens with one attached hydrogen (secondary N) is 1. The van der Waals surface area contributed by atoms with E-state index in [4.69, 9.17) is 5.73 Å². The fraction of sp³-hybridized carbons (Fsp3) is 0.182. The Labute approximate surface area is 101 Å². The van der Waals surface area contributed by atoms with Crippen molar-refractivity contribution in [3.05, 3.63) is 40.9 Å². The molecule has 0 aliphatic heterocycles. The number of nitrogens with two attached hydrogens (primary N) is 1. The summed E-state index contributed by atoms with van der Waals surface area (Å²) >= 11 is 1.40. The molecule has 2 rings (SSSR count). The lowest BCUT2D eigenvalue weighted by molar-refractivity contribution is 0.509. The molecule has 2 aromatic rings. The van der Waals surface area contributed by atoms with E-state index in [1.807, 2.05) is 5.38 Å². The molecule has 0 aliphatic carbocycles. The zero-order chi connectivity index (χ0) is 12.3. The molecule has 17 heavy (non-hydrogen) atoms. The molecular formula is C11H11F2N3S. The number of benzene rings is 1. The summed E-state index contributed by atoms with van der Waals surface area (Å²) in [7, 11) is 0. The summed E-state index contributed by atoms with van der Waals surface area (Å²) in [5, 5.41) is 5.43. The first-order valence-corrected chi connectivity index (χ1v) is 5.93. The highest BCUT2D eigenvalue weighted by Crippen LogP contribution is 2.22. The average molecular weight is 255 g/mol. The second-order valence-corrected chi connectivity index (χ2v) is 4.29. The molecule has 90 valence electrons. The van der Waals surface area contributed by atoms with Crippen LogP contribution in [0.25, 0.3) is 0 Å². The monoisotopic (exact) mass is 255 g/mol. The third-order valence-electron chi connectivity index (χ3n) is 2.12. The Morgan fingerprint density at radius 3 is 2.82 bits per heavy atom. The van der Waals surface area contributed by atoms with Crippen LogP contribution in [0.15, 0.2) is 23.6 Å². The molecule has 0 radical (unpaired) electrons. The van der Waals surface area contributed by atoms with E-state index in [9.17, 15) is 8.78 Å². The highest BCUT2D eigenvalue weighted by Gasteiger charge is 2.05. The fourth-order valence-electron chi connectivity index (χ4n) is 1.32. The summed E-state index contributed by atoms with van der Waals surface area (Å²) in [6.45, 7) is 0.536. The molecule has 1 heterocycles. The van der Waals surface area contributed by atoms with Gasteiger partial charge in [-0.2, -0.15) is 0 Å². The molecule has 0 unspecified atom stereocenters. The summed E-state index contributed by atoms with van der Waals surface area (Å²) < 4.78 is 25.7. The zero-order valence-electron chi connectivity index (χ0n) is 8.91. The lowest BCUT2D eigenvalue weighted by atomic mass is 10.3. The highest BCUT2D eigenvalue weighted by molar-refractivity contribution is 7.13. The van der Waals surface area contributed by atoms with Crippen molar-refractivity contribution >= 4 is 22.2 Å². The smallest absolute Gasteiger partial charge is 0.187 e. The number of aromatic nitrogens is 1. The summed E-state index contributed by atoms with van der Waals surface area (Å²) in [4.78, 5) is 4.26. The number of anilines is 2. The number of halogens is 2. The Kier molecular flexibility index (Phi) is 3.65. The minimum atomic E-state index is -0.881. The van der Waals surface area contributed by atoms with Gasteiger partial charge in [-0.1, -0.05) is 0 Å². The molecule has 0 atom stereocenters. The van der Waals surface area contributed by atoms with Gasteiger partial charge in [-0.25, -0.2) is 13.8 Å². The van der Waals surface area contributed by atoms with Gasteiger partial charge in [0.25, 0.3) is 0 Å². The van der Waals surface area contributed by atoms with Crippen LogP contribution < -0.4 is 11.1 Å². The van der Waals surface area contributed by atoms with Crippen molar-refractivity contribution in [2.75, 3.05) is 11.9 Å². The summed E-state index contributed by atoms with van der Waals surface area (Å²) in [5.74, 6) is -1.74. The van der Waals surface area contributed by atoms with Crippen LogP contribution in [-0.2, 0) is 6.42 Å². The standard InChI is InChI=1S/C11H11F2N3S/c12-9-2-1-7(5-10(9)13)15-11-16-8(3-4-14)6-17-11/h1-2,5-6H,3-4,14H2,(H,15,16). The predicted octanol–water partition coefficient (Wildman–Crippen LogP) is 2.67. The fourth-order valence-corrected chi connectivity index (χ4v) is 2.09. The molecule has 0 aliphatic rings. The van der Waals surface area contributed by atoms with E-state index in [1.165, 1.54) is 17.4 Å². The normalized spacial score (nSPS) is 10.5. The van der Waals surface area contributed by atoms with Gasteiger partial charge < -0.3 is 11.1 Å². The Balaban J connectivity index is 2.11. The molecule has 1 aromatic carbocycles. The third kappa shape index (κ3) is 2.98. The van der Waals surface area contributed by atoms with Crippen molar-refractivity contribution in [2.45, 2.75) is 6.42 Å². The van der Waals surface area contributed by atoms with Crippen LogP contribution in [0, 0.1) is 11.6 Å². The van der Waals surface area contributed by atoms with Gasteiger partial charge in [-0.15, -0.1) is 11.3 Å². The first-order chi connectivity index (χ1) is 8.19. The first kappa shape index (κ1) is 11.9. The Bertz CT molecular complexity index is 513. The number of hydrogen-bond acceptors (Lipinski definition) is 4. The van der Waals surface area contributed by atoms with Crippen molar-refractivity contribution in [3.63, 3.8) is 0 Å². The van der Waals surface area contributed by atoms with E-state index in [1.54, 1.807) is 0 Å². The molecule has 6 heteroatoms. The van der Waals surface area contributed by atoms with E-state index in [0.717, 1.165) is 17.8 Å². The lowest BCUT2D eigenvalue weighted by Gasteiger charge is -2.02. The lowest BCUT2D eigenvalue weighted by Crippen LogP contribution is -2.02. The number of thiazole rings is 1. The minimum absolute atomic E-state index is 0.470.